The predicted octanol–water partition coefficient (Wildman–Crippen LogP) is 4.54. The second-order valence-electron chi connectivity index (χ2n) is 7.91. The highest BCUT2D eigenvalue weighted by Gasteiger charge is 2.21. The Morgan fingerprint density at radius 1 is 1.07 bits per heavy atom. The third kappa shape index (κ3) is 5.53. The first-order chi connectivity index (χ1) is 13.6. The van der Waals surface area contributed by atoms with Crippen LogP contribution < -0.4 is 16.4 Å². The fourth-order valence-electron chi connectivity index (χ4n) is 3.71. The summed E-state index contributed by atoms with van der Waals surface area (Å²) in [5.41, 5.74) is 8.91. The van der Waals surface area contributed by atoms with Gasteiger partial charge in [0.25, 0.3) is 0 Å². The van der Waals surface area contributed by atoms with Crippen molar-refractivity contribution in [3.8, 4) is 0 Å². The minimum Gasteiger partial charge on any atom is -0.364 e. The van der Waals surface area contributed by atoms with Crippen molar-refractivity contribution in [2.45, 2.75) is 64.2 Å². The third-order valence-corrected chi connectivity index (χ3v) is 5.39. The Balaban J connectivity index is 0.00000160. The van der Waals surface area contributed by atoms with E-state index in [1.165, 1.54) is 5.56 Å². The molecule has 0 bridgehead atoms. The van der Waals surface area contributed by atoms with E-state index in [0.717, 1.165) is 42.7 Å². The van der Waals surface area contributed by atoms with Crippen molar-refractivity contribution in [1.82, 2.24) is 19.5 Å². The molecule has 0 unspecified atom stereocenters. The molecule has 0 aliphatic heterocycles. The average molecular weight is 452 g/mol. The zero-order valence-electron chi connectivity index (χ0n) is 17.4. The van der Waals surface area contributed by atoms with Crippen LogP contribution in [0.2, 0.25) is 0 Å². The molecule has 4 N–H and O–H groups in total. The van der Waals surface area contributed by atoms with Gasteiger partial charge in [0.05, 0.1) is 6.33 Å². The van der Waals surface area contributed by atoms with E-state index in [2.05, 4.69) is 46.2 Å². The molecule has 1 saturated carbocycles. The first-order valence-corrected chi connectivity index (χ1v) is 10.1. The Kier molecular flexibility index (Phi) is 8.70. The number of nitrogens with zero attached hydrogens (tertiary/aromatic N) is 4. The van der Waals surface area contributed by atoms with Crippen LogP contribution in [-0.4, -0.2) is 31.6 Å². The van der Waals surface area contributed by atoms with Crippen LogP contribution in [0.4, 0.5) is 11.8 Å². The van der Waals surface area contributed by atoms with Crippen LogP contribution in [0.25, 0.3) is 11.2 Å². The van der Waals surface area contributed by atoms with Gasteiger partial charge in [-0.15, -0.1) is 24.8 Å². The normalized spacial score (nSPS) is 18.5. The lowest BCUT2D eigenvalue weighted by atomic mass is 9.92. The van der Waals surface area contributed by atoms with Gasteiger partial charge in [-0.1, -0.05) is 30.3 Å². The monoisotopic (exact) mass is 451 g/mol. The van der Waals surface area contributed by atoms with Crippen molar-refractivity contribution in [2.24, 2.45) is 5.73 Å². The lowest BCUT2D eigenvalue weighted by Gasteiger charge is -2.27. The molecule has 0 radical (unpaired) electrons. The Labute approximate surface area is 190 Å². The van der Waals surface area contributed by atoms with Gasteiger partial charge in [0.1, 0.15) is 0 Å². The Morgan fingerprint density at radius 2 is 1.77 bits per heavy atom. The second kappa shape index (κ2) is 10.8. The van der Waals surface area contributed by atoms with Gasteiger partial charge >= 0.3 is 0 Å². The van der Waals surface area contributed by atoms with Gasteiger partial charge in [-0.05, 0) is 45.1 Å². The van der Waals surface area contributed by atoms with Crippen molar-refractivity contribution in [3.05, 3.63) is 42.2 Å². The molecule has 1 aromatic carbocycles. The van der Waals surface area contributed by atoms with E-state index in [-0.39, 0.29) is 30.9 Å². The van der Waals surface area contributed by atoms with Gasteiger partial charge in [0, 0.05) is 24.7 Å². The van der Waals surface area contributed by atoms with Crippen molar-refractivity contribution in [3.63, 3.8) is 0 Å². The van der Waals surface area contributed by atoms with E-state index in [0.29, 0.717) is 24.6 Å². The van der Waals surface area contributed by atoms with Crippen LogP contribution in [-0.2, 0) is 6.54 Å². The number of benzene rings is 1. The number of aromatic nitrogens is 4. The van der Waals surface area contributed by atoms with E-state index in [1.807, 2.05) is 24.5 Å². The molecule has 0 amide bonds. The van der Waals surface area contributed by atoms with Gasteiger partial charge < -0.3 is 20.9 Å². The summed E-state index contributed by atoms with van der Waals surface area (Å²) in [4.78, 5) is 14.1. The van der Waals surface area contributed by atoms with Crippen LogP contribution in [0.1, 0.15) is 51.1 Å². The predicted molar refractivity (Wildman–Crippen MR) is 128 cm³/mol. The van der Waals surface area contributed by atoms with Crippen molar-refractivity contribution in [2.75, 3.05) is 10.6 Å². The summed E-state index contributed by atoms with van der Waals surface area (Å²) in [6.45, 7) is 4.96. The maximum absolute atomic E-state index is 6.04. The van der Waals surface area contributed by atoms with Crippen LogP contribution in [0.3, 0.4) is 0 Å². The zero-order valence-corrected chi connectivity index (χ0v) is 19.0. The number of halogens is 2. The van der Waals surface area contributed by atoms with E-state index >= 15 is 0 Å². The molecule has 3 aromatic rings. The largest absolute Gasteiger partial charge is 0.364 e. The Morgan fingerprint density at radius 3 is 2.43 bits per heavy atom. The standard InChI is InChI=1S/C21H29N7.2ClH/c1-14(2)28-13-24-18-19(23-12-15-6-4-3-5-7-15)26-21(27-20(18)28)25-17-10-8-16(22)9-11-17;;/h3-7,13-14,16-17H,8-12,22H2,1-2H3,(H2,23,25,26,27);2*1H. The maximum Gasteiger partial charge on any atom is 0.227 e. The number of nitrogens with two attached hydrogens (primary N) is 1. The number of imidazole rings is 1. The van der Waals surface area contributed by atoms with Crippen molar-refractivity contribution < 1.29 is 0 Å². The number of nitrogens with one attached hydrogen (secondary N) is 2. The molecule has 0 saturated heterocycles. The molecule has 9 heteroatoms. The van der Waals surface area contributed by atoms with Gasteiger partial charge in [-0.25, -0.2) is 4.98 Å². The summed E-state index contributed by atoms with van der Waals surface area (Å²) in [6.07, 6.45) is 6.05. The first kappa shape index (κ1) is 24.2. The van der Waals surface area contributed by atoms with Crippen molar-refractivity contribution >= 4 is 47.7 Å². The smallest absolute Gasteiger partial charge is 0.227 e. The topological polar surface area (TPSA) is 93.7 Å². The quantitative estimate of drug-likeness (QED) is 0.508. The molecular weight excluding hydrogens is 421 g/mol. The first-order valence-electron chi connectivity index (χ1n) is 10.1. The molecule has 1 fully saturated rings. The fourth-order valence-corrected chi connectivity index (χ4v) is 3.71. The van der Waals surface area contributed by atoms with E-state index in [4.69, 9.17) is 15.7 Å². The number of hydrogen-bond acceptors (Lipinski definition) is 6. The van der Waals surface area contributed by atoms with E-state index in [9.17, 15) is 0 Å². The molecule has 0 spiro atoms. The molecule has 30 heavy (non-hydrogen) atoms. The lowest BCUT2D eigenvalue weighted by Crippen LogP contribution is -2.33. The minimum absolute atomic E-state index is 0. The van der Waals surface area contributed by atoms with Gasteiger partial charge in [0.2, 0.25) is 5.95 Å². The summed E-state index contributed by atoms with van der Waals surface area (Å²) in [5.74, 6) is 1.43. The molecule has 1 aliphatic rings. The maximum atomic E-state index is 6.04. The minimum atomic E-state index is 0. The van der Waals surface area contributed by atoms with Gasteiger partial charge in [-0.2, -0.15) is 9.97 Å². The van der Waals surface area contributed by atoms with Crippen LogP contribution in [0, 0.1) is 0 Å². The van der Waals surface area contributed by atoms with Gasteiger partial charge in [-0.3, -0.25) is 0 Å². The van der Waals surface area contributed by atoms with Crippen LogP contribution in [0.15, 0.2) is 36.7 Å². The zero-order chi connectivity index (χ0) is 19.5. The second-order valence-corrected chi connectivity index (χ2v) is 7.91. The lowest BCUT2D eigenvalue weighted by molar-refractivity contribution is 0.410. The van der Waals surface area contributed by atoms with E-state index in [1.54, 1.807) is 0 Å². The van der Waals surface area contributed by atoms with Crippen LogP contribution in [0.5, 0.6) is 0 Å². The number of hydrogen-bond donors (Lipinski definition) is 3. The summed E-state index contributed by atoms with van der Waals surface area (Å²) in [5, 5.41) is 6.98. The molecule has 0 atom stereocenters. The highest BCUT2D eigenvalue weighted by atomic mass is 35.5. The number of fused-ring (bicyclic) bond motifs is 1. The Hall–Kier alpha value is -2.09. The molecule has 1 aliphatic carbocycles. The average Bonchev–Trinajstić information content (AvgIpc) is 3.13. The van der Waals surface area contributed by atoms with Gasteiger partial charge in [0.15, 0.2) is 17.0 Å². The summed E-state index contributed by atoms with van der Waals surface area (Å²) in [7, 11) is 0. The van der Waals surface area contributed by atoms with Crippen molar-refractivity contribution in [1.29, 1.82) is 0 Å². The summed E-state index contributed by atoms with van der Waals surface area (Å²) < 4.78 is 2.09. The number of rotatable bonds is 6. The molecule has 2 heterocycles. The van der Waals surface area contributed by atoms with Crippen LogP contribution >= 0.6 is 24.8 Å². The molecule has 164 valence electrons. The Bertz CT molecular complexity index is 922. The summed E-state index contributed by atoms with van der Waals surface area (Å²) in [6, 6.07) is 11.3. The summed E-state index contributed by atoms with van der Waals surface area (Å²) >= 11 is 0. The number of anilines is 2. The fraction of sp³-hybridized carbons (Fsp3) is 0.476. The molecule has 7 nitrogen and oxygen atoms in total. The molecule has 2 aromatic heterocycles. The highest BCUT2D eigenvalue weighted by molar-refractivity contribution is 5.86. The highest BCUT2D eigenvalue weighted by Crippen LogP contribution is 2.26. The third-order valence-electron chi connectivity index (χ3n) is 5.39. The SMILES string of the molecule is CC(C)n1cnc2c(NCc3ccccc3)nc(NC3CCC(N)CC3)nc21.Cl.Cl. The molecular formula is C21H31Cl2N7. The van der Waals surface area contributed by atoms with E-state index < -0.39 is 0 Å². The molecule has 4 rings (SSSR count).